The third-order valence-corrected chi connectivity index (χ3v) is 7.01. The van der Waals surface area contributed by atoms with Crippen molar-refractivity contribution < 1.29 is 18.1 Å². The Balaban J connectivity index is 2.03. The van der Waals surface area contributed by atoms with E-state index in [0.717, 1.165) is 16.9 Å². The Labute approximate surface area is 188 Å². The molecule has 0 fully saturated rings. The molecule has 0 aromatic heterocycles. The van der Waals surface area contributed by atoms with Crippen molar-refractivity contribution in [1.82, 2.24) is 0 Å². The predicted octanol–water partition coefficient (Wildman–Crippen LogP) is 7.84. The number of phosphoric acid groups is 1. The van der Waals surface area contributed by atoms with Gasteiger partial charge in [0.2, 0.25) is 0 Å². The van der Waals surface area contributed by atoms with E-state index >= 15 is 0 Å². The molecule has 0 saturated carbocycles. The zero-order valence-electron chi connectivity index (χ0n) is 17.9. The minimum Gasteiger partial charge on any atom is -0.386 e. The van der Waals surface area contributed by atoms with Gasteiger partial charge in [0.1, 0.15) is 17.3 Å². The van der Waals surface area contributed by atoms with E-state index in [-0.39, 0.29) is 5.25 Å². The van der Waals surface area contributed by atoms with Crippen LogP contribution in [-0.4, -0.2) is 11.0 Å². The summed E-state index contributed by atoms with van der Waals surface area (Å²) in [5, 5.41) is 0.169. The number of para-hydroxylation sites is 2. The van der Waals surface area contributed by atoms with Crippen LogP contribution in [-0.2, 0) is 9.09 Å². The molecule has 0 amide bonds. The molecule has 1 unspecified atom stereocenters. The van der Waals surface area contributed by atoms with Gasteiger partial charge < -0.3 is 13.6 Å². The number of benzene rings is 3. The molecule has 0 aliphatic carbocycles. The summed E-state index contributed by atoms with van der Waals surface area (Å²) in [6, 6.07) is 27.5. The standard InChI is InChI=1S/C25H27O4PS/c1-4-31-21(3)20(2)25(22-14-8-5-9-15-22)29-30(26,27-23-16-10-6-11-17-23)28-24-18-12-7-13-19-24/h5-19,21H,4H2,1-3H3/b25-20-. The van der Waals surface area contributed by atoms with Crippen molar-refractivity contribution in [2.75, 3.05) is 5.75 Å². The van der Waals surface area contributed by atoms with E-state index in [2.05, 4.69) is 13.8 Å². The van der Waals surface area contributed by atoms with E-state index < -0.39 is 7.82 Å². The number of thioether (sulfide) groups is 1. The lowest BCUT2D eigenvalue weighted by atomic mass is 10.1. The fraction of sp³-hybridized carbons (Fsp3) is 0.200. The summed E-state index contributed by atoms with van der Waals surface area (Å²) in [4.78, 5) is 0. The molecule has 0 N–H and O–H groups in total. The zero-order valence-corrected chi connectivity index (χ0v) is 19.6. The van der Waals surface area contributed by atoms with E-state index in [1.807, 2.05) is 49.4 Å². The molecule has 0 aliphatic rings. The third kappa shape index (κ3) is 6.68. The second-order valence-electron chi connectivity index (χ2n) is 6.82. The molecule has 1 atom stereocenters. The summed E-state index contributed by atoms with van der Waals surface area (Å²) in [7, 11) is -4.06. The Hall–Kier alpha value is -2.62. The number of hydrogen-bond acceptors (Lipinski definition) is 5. The molecule has 0 saturated heterocycles. The van der Waals surface area contributed by atoms with Gasteiger partial charge in [-0.25, -0.2) is 0 Å². The first kappa shape index (κ1) is 23.1. The minimum absolute atomic E-state index is 0.169. The van der Waals surface area contributed by atoms with E-state index in [1.165, 1.54) is 0 Å². The SMILES string of the molecule is CCSC(C)/C(C)=C(\OP(=O)(Oc1ccccc1)Oc1ccccc1)c1ccccc1. The van der Waals surface area contributed by atoms with Crippen LogP contribution in [0.4, 0.5) is 0 Å². The molecule has 6 heteroatoms. The molecule has 3 rings (SSSR count). The largest absolute Gasteiger partial charge is 0.647 e. The van der Waals surface area contributed by atoms with Crippen LogP contribution in [0.2, 0.25) is 0 Å². The van der Waals surface area contributed by atoms with Gasteiger partial charge in [0.25, 0.3) is 0 Å². The summed E-state index contributed by atoms with van der Waals surface area (Å²) in [5.74, 6) is 2.27. The summed E-state index contributed by atoms with van der Waals surface area (Å²) < 4.78 is 31.7. The lowest BCUT2D eigenvalue weighted by Gasteiger charge is -2.24. The van der Waals surface area contributed by atoms with E-state index in [9.17, 15) is 4.57 Å². The third-order valence-electron chi connectivity index (χ3n) is 4.54. The van der Waals surface area contributed by atoms with Crippen LogP contribution in [0.3, 0.4) is 0 Å². The molecule has 0 aliphatic heterocycles. The monoisotopic (exact) mass is 454 g/mol. The number of rotatable bonds is 10. The van der Waals surface area contributed by atoms with Gasteiger partial charge >= 0.3 is 7.82 Å². The van der Waals surface area contributed by atoms with Crippen molar-refractivity contribution >= 4 is 25.3 Å². The van der Waals surface area contributed by atoms with Gasteiger partial charge in [0.15, 0.2) is 0 Å². The van der Waals surface area contributed by atoms with Gasteiger partial charge in [-0.15, -0.1) is 0 Å². The molecular weight excluding hydrogens is 427 g/mol. The molecule has 0 radical (unpaired) electrons. The second kappa shape index (κ2) is 11.1. The van der Waals surface area contributed by atoms with Crippen LogP contribution >= 0.6 is 19.6 Å². The van der Waals surface area contributed by atoms with Crippen LogP contribution in [0.5, 0.6) is 11.5 Å². The van der Waals surface area contributed by atoms with Crippen molar-refractivity contribution in [1.29, 1.82) is 0 Å². The first-order chi connectivity index (χ1) is 15.0. The molecule has 3 aromatic rings. The molecule has 0 heterocycles. The van der Waals surface area contributed by atoms with Crippen LogP contribution in [0.15, 0.2) is 96.6 Å². The zero-order chi connectivity index (χ0) is 22.1. The highest BCUT2D eigenvalue weighted by atomic mass is 32.2. The lowest BCUT2D eigenvalue weighted by Crippen LogP contribution is -2.09. The molecule has 4 nitrogen and oxygen atoms in total. The predicted molar refractivity (Wildman–Crippen MR) is 129 cm³/mol. The minimum atomic E-state index is -4.06. The van der Waals surface area contributed by atoms with Gasteiger partial charge in [-0.1, -0.05) is 73.7 Å². The fourth-order valence-corrected chi connectivity index (χ4v) is 5.09. The lowest BCUT2D eigenvalue weighted by molar-refractivity contribution is 0.283. The fourth-order valence-electron chi connectivity index (χ4n) is 2.89. The summed E-state index contributed by atoms with van der Waals surface area (Å²) in [6.07, 6.45) is 0. The van der Waals surface area contributed by atoms with Crippen molar-refractivity contribution in [2.24, 2.45) is 0 Å². The van der Waals surface area contributed by atoms with Crippen LogP contribution < -0.4 is 9.05 Å². The maximum absolute atomic E-state index is 13.9. The van der Waals surface area contributed by atoms with Gasteiger partial charge in [-0.2, -0.15) is 16.3 Å². The highest BCUT2D eigenvalue weighted by Gasteiger charge is 2.35. The van der Waals surface area contributed by atoms with Crippen LogP contribution in [0, 0.1) is 0 Å². The Morgan fingerprint density at radius 3 is 1.74 bits per heavy atom. The smallest absolute Gasteiger partial charge is 0.386 e. The van der Waals surface area contributed by atoms with Gasteiger partial charge in [0, 0.05) is 10.8 Å². The number of hydrogen-bond donors (Lipinski definition) is 0. The average Bonchev–Trinajstić information content (AvgIpc) is 2.79. The quantitative estimate of drug-likeness (QED) is 0.231. The molecule has 31 heavy (non-hydrogen) atoms. The van der Waals surface area contributed by atoms with Crippen molar-refractivity contribution in [2.45, 2.75) is 26.0 Å². The first-order valence-corrected chi connectivity index (χ1v) is 12.7. The summed E-state index contributed by atoms with van der Waals surface area (Å²) >= 11 is 1.79. The van der Waals surface area contributed by atoms with Crippen LogP contribution in [0.1, 0.15) is 26.3 Å². The maximum Gasteiger partial charge on any atom is 0.647 e. The highest BCUT2D eigenvalue weighted by Crippen LogP contribution is 2.53. The van der Waals surface area contributed by atoms with Crippen molar-refractivity contribution in [3.8, 4) is 11.5 Å². The van der Waals surface area contributed by atoms with Gasteiger partial charge in [0.05, 0.1) is 0 Å². The Bertz CT molecular complexity index is 978. The Morgan fingerprint density at radius 2 is 1.29 bits per heavy atom. The van der Waals surface area contributed by atoms with Crippen molar-refractivity contribution in [3.05, 3.63) is 102 Å². The normalized spacial score (nSPS) is 13.1. The van der Waals surface area contributed by atoms with E-state index in [0.29, 0.717) is 17.3 Å². The molecule has 3 aromatic carbocycles. The average molecular weight is 455 g/mol. The highest BCUT2D eigenvalue weighted by molar-refractivity contribution is 8.00. The molecule has 162 valence electrons. The Morgan fingerprint density at radius 1 is 0.839 bits per heavy atom. The maximum atomic E-state index is 13.9. The van der Waals surface area contributed by atoms with Crippen molar-refractivity contribution in [3.63, 3.8) is 0 Å². The molecule has 0 spiro atoms. The topological polar surface area (TPSA) is 44.8 Å². The van der Waals surface area contributed by atoms with Crippen LogP contribution in [0.25, 0.3) is 5.76 Å². The van der Waals surface area contributed by atoms with E-state index in [4.69, 9.17) is 13.6 Å². The molecule has 0 bridgehead atoms. The van der Waals surface area contributed by atoms with Gasteiger partial charge in [-0.05, 0) is 49.4 Å². The van der Waals surface area contributed by atoms with Gasteiger partial charge in [-0.3, -0.25) is 0 Å². The first-order valence-electron chi connectivity index (χ1n) is 10.2. The second-order valence-corrected chi connectivity index (χ2v) is 9.88. The molecular formula is C25H27O4PS. The van der Waals surface area contributed by atoms with E-state index in [1.54, 1.807) is 60.3 Å². The number of phosphoric ester groups is 1. The summed E-state index contributed by atoms with van der Waals surface area (Å²) in [6.45, 7) is 6.21. The summed E-state index contributed by atoms with van der Waals surface area (Å²) in [5.41, 5.74) is 1.78. The Kier molecular flexibility index (Phi) is 8.27.